The van der Waals surface area contributed by atoms with Crippen LogP contribution in [0.1, 0.15) is 103 Å². The Labute approximate surface area is 189 Å². The molecule has 0 aliphatic heterocycles. The summed E-state index contributed by atoms with van der Waals surface area (Å²) in [5, 5.41) is 0. The van der Waals surface area contributed by atoms with Gasteiger partial charge in [-0.2, -0.15) is 0 Å². The Hall–Kier alpha value is -1.97. The van der Waals surface area contributed by atoms with Crippen molar-refractivity contribution in [3.05, 3.63) is 29.8 Å². The Balaban J connectivity index is 1.94. The topological polar surface area (TPSA) is 44.8 Å². The lowest BCUT2D eigenvalue weighted by molar-refractivity contribution is -0.144. The normalized spacial score (nSPS) is 14.6. The van der Waals surface area contributed by atoms with E-state index in [-0.39, 0.29) is 12.1 Å². The Bertz CT molecular complexity index is 647. The van der Waals surface area contributed by atoms with Crippen molar-refractivity contribution >= 4 is 12.0 Å². The Morgan fingerprint density at radius 1 is 0.903 bits per heavy atom. The number of carbonyl (C=O) groups is 1. The van der Waals surface area contributed by atoms with Crippen molar-refractivity contribution in [2.45, 2.75) is 103 Å². The Morgan fingerprint density at radius 2 is 1.58 bits per heavy atom. The smallest absolute Gasteiger partial charge is 0.331 e. The SMILES string of the molecule is CCCCCCOc1ccc(C=CC(=O)OC2CCCCC2)c(OCCCCCC)c1. The van der Waals surface area contributed by atoms with Gasteiger partial charge in [-0.25, -0.2) is 4.79 Å². The van der Waals surface area contributed by atoms with Crippen LogP contribution >= 0.6 is 0 Å². The van der Waals surface area contributed by atoms with E-state index in [4.69, 9.17) is 14.2 Å². The first-order valence-corrected chi connectivity index (χ1v) is 12.5. The van der Waals surface area contributed by atoms with Gasteiger partial charge in [0.25, 0.3) is 0 Å². The largest absolute Gasteiger partial charge is 0.493 e. The zero-order valence-corrected chi connectivity index (χ0v) is 19.7. The van der Waals surface area contributed by atoms with E-state index in [1.54, 1.807) is 6.08 Å². The summed E-state index contributed by atoms with van der Waals surface area (Å²) in [6, 6.07) is 5.87. The molecule has 4 heteroatoms. The van der Waals surface area contributed by atoms with Gasteiger partial charge in [0.2, 0.25) is 0 Å². The van der Waals surface area contributed by atoms with Crippen LogP contribution in [0.4, 0.5) is 0 Å². The average Bonchev–Trinajstić information content (AvgIpc) is 2.79. The molecule has 0 aromatic heterocycles. The molecule has 1 aromatic carbocycles. The summed E-state index contributed by atoms with van der Waals surface area (Å²) >= 11 is 0. The number of ether oxygens (including phenoxy) is 3. The van der Waals surface area contributed by atoms with Gasteiger partial charge in [-0.1, -0.05) is 58.8 Å². The molecular formula is C27H42O4. The molecule has 1 saturated carbocycles. The zero-order chi connectivity index (χ0) is 22.2. The van der Waals surface area contributed by atoms with Gasteiger partial charge in [0, 0.05) is 17.7 Å². The van der Waals surface area contributed by atoms with Gasteiger partial charge in [0.15, 0.2) is 0 Å². The van der Waals surface area contributed by atoms with Crippen LogP contribution < -0.4 is 9.47 Å². The number of hydrogen-bond acceptors (Lipinski definition) is 4. The van der Waals surface area contributed by atoms with Gasteiger partial charge in [0.05, 0.1) is 13.2 Å². The van der Waals surface area contributed by atoms with E-state index in [0.717, 1.165) is 62.2 Å². The third kappa shape index (κ3) is 10.8. The fourth-order valence-electron chi connectivity index (χ4n) is 3.84. The summed E-state index contributed by atoms with van der Waals surface area (Å²) in [4.78, 5) is 12.2. The highest BCUT2D eigenvalue weighted by molar-refractivity contribution is 5.87. The number of carbonyl (C=O) groups excluding carboxylic acids is 1. The second-order valence-electron chi connectivity index (χ2n) is 8.55. The Morgan fingerprint density at radius 3 is 2.26 bits per heavy atom. The van der Waals surface area contributed by atoms with Crippen LogP contribution in [0.2, 0.25) is 0 Å². The molecule has 1 fully saturated rings. The molecule has 31 heavy (non-hydrogen) atoms. The van der Waals surface area contributed by atoms with Gasteiger partial charge in [-0.05, 0) is 56.7 Å². The molecule has 1 aliphatic rings. The number of benzene rings is 1. The number of hydrogen-bond donors (Lipinski definition) is 0. The minimum absolute atomic E-state index is 0.0728. The lowest BCUT2D eigenvalue weighted by atomic mass is 9.98. The molecule has 0 unspecified atom stereocenters. The van der Waals surface area contributed by atoms with E-state index in [9.17, 15) is 4.79 Å². The predicted octanol–water partition coefficient (Wildman–Crippen LogP) is 7.49. The van der Waals surface area contributed by atoms with Crippen molar-refractivity contribution in [1.29, 1.82) is 0 Å². The molecule has 4 nitrogen and oxygen atoms in total. The first-order valence-electron chi connectivity index (χ1n) is 12.5. The summed E-state index contributed by atoms with van der Waals surface area (Å²) in [5.41, 5.74) is 0.884. The van der Waals surface area contributed by atoms with E-state index in [0.29, 0.717) is 6.61 Å². The number of rotatable bonds is 15. The molecule has 0 atom stereocenters. The van der Waals surface area contributed by atoms with Crippen LogP contribution in [0.25, 0.3) is 6.08 Å². The number of esters is 1. The quantitative estimate of drug-likeness (QED) is 0.164. The summed E-state index contributed by atoms with van der Waals surface area (Å²) in [6.45, 7) is 5.81. The summed E-state index contributed by atoms with van der Waals surface area (Å²) in [5.74, 6) is 1.32. The van der Waals surface area contributed by atoms with Crippen LogP contribution in [-0.2, 0) is 9.53 Å². The molecule has 0 bridgehead atoms. The van der Waals surface area contributed by atoms with Crippen molar-refractivity contribution in [3.8, 4) is 11.5 Å². The van der Waals surface area contributed by atoms with Crippen LogP contribution in [-0.4, -0.2) is 25.3 Å². The molecule has 0 spiro atoms. The monoisotopic (exact) mass is 430 g/mol. The molecule has 0 N–H and O–H groups in total. The minimum atomic E-state index is -0.267. The van der Waals surface area contributed by atoms with Crippen molar-refractivity contribution in [3.63, 3.8) is 0 Å². The van der Waals surface area contributed by atoms with Crippen molar-refractivity contribution in [1.82, 2.24) is 0 Å². The fourth-order valence-corrected chi connectivity index (χ4v) is 3.84. The second-order valence-corrected chi connectivity index (χ2v) is 8.55. The summed E-state index contributed by atoms with van der Waals surface area (Å²) in [6.07, 6.45) is 18.3. The van der Waals surface area contributed by atoms with Crippen LogP contribution in [0.15, 0.2) is 24.3 Å². The highest BCUT2D eigenvalue weighted by atomic mass is 16.5. The molecule has 0 saturated heterocycles. The number of unbranched alkanes of at least 4 members (excludes halogenated alkanes) is 6. The van der Waals surface area contributed by atoms with Gasteiger partial charge in [-0.15, -0.1) is 0 Å². The summed E-state index contributed by atoms with van der Waals surface area (Å²) < 4.78 is 17.6. The molecule has 0 amide bonds. The lowest BCUT2D eigenvalue weighted by Gasteiger charge is -2.20. The highest BCUT2D eigenvalue weighted by Crippen LogP contribution is 2.27. The third-order valence-corrected chi connectivity index (χ3v) is 5.74. The molecule has 1 aliphatic carbocycles. The lowest BCUT2D eigenvalue weighted by Crippen LogP contribution is -2.19. The van der Waals surface area contributed by atoms with Crippen molar-refractivity contribution < 1.29 is 19.0 Å². The fraction of sp³-hybridized carbons (Fsp3) is 0.667. The van der Waals surface area contributed by atoms with Gasteiger partial charge < -0.3 is 14.2 Å². The van der Waals surface area contributed by atoms with Crippen molar-refractivity contribution in [2.24, 2.45) is 0 Å². The minimum Gasteiger partial charge on any atom is -0.493 e. The maximum Gasteiger partial charge on any atom is 0.331 e. The van der Waals surface area contributed by atoms with E-state index in [1.807, 2.05) is 18.2 Å². The van der Waals surface area contributed by atoms with Crippen LogP contribution in [0.3, 0.4) is 0 Å². The van der Waals surface area contributed by atoms with E-state index >= 15 is 0 Å². The Kier molecular flexibility index (Phi) is 12.9. The van der Waals surface area contributed by atoms with Crippen LogP contribution in [0.5, 0.6) is 11.5 Å². The molecular weight excluding hydrogens is 388 g/mol. The maximum absolute atomic E-state index is 12.2. The molecule has 174 valence electrons. The van der Waals surface area contributed by atoms with Gasteiger partial charge in [0.1, 0.15) is 17.6 Å². The van der Waals surface area contributed by atoms with E-state index < -0.39 is 0 Å². The molecule has 1 aromatic rings. The van der Waals surface area contributed by atoms with Crippen molar-refractivity contribution in [2.75, 3.05) is 13.2 Å². The maximum atomic E-state index is 12.2. The van der Waals surface area contributed by atoms with E-state index in [2.05, 4.69) is 13.8 Å². The summed E-state index contributed by atoms with van der Waals surface area (Å²) in [7, 11) is 0. The third-order valence-electron chi connectivity index (χ3n) is 5.74. The average molecular weight is 431 g/mol. The molecule has 2 rings (SSSR count). The van der Waals surface area contributed by atoms with Gasteiger partial charge in [-0.3, -0.25) is 0 Å². The molecule has 0 heterocycles. The van der Waals surface area contributed by atoms with Gasteiger partial charge >= 0.3 is 5.97 Å². The molecule has 0 radical (unpaired) electrons. The first kappa shape index (κ1) is 25.3. The predicted molar refractivity (Wildman–Crippen MR) is 128 cm³/mol. The van der Waals surface area contributed by atoms with E-state index in [1.165, 1.54) is 51.0 Å². The zero-order valence-electron chi connectivity index (χ0n) is 19.7. The first-order chi connectivity index (χ1) is 15.2. The van der Waals surface area contributed by atoms with Crippen LogP contribution in [0, 0.1) is 0 Å². The highest BCUT2D eigenvalue weighted by Gasteiger charge is 2.16. The second kappa shape index (κ2) is 15.8. The standard InChI is InChI=1S/C27H42O4/c1-3-5-7-12-20-29-25-18-16-23(26(22-25)30-21-13-8-6-4-2)17-19-27(28)31-24-14-10-9-11-15-24/h16-19,22,24H,3-15,20-21H2,1-2H3.